The number of rotatable bonds is 9. The van der Waals surface area contributed by atoms with Crippen LogP contribution in [0.1, 0.15) is 98.1 Å². The van der Waals surface area contributed by atoms with Gasteiger partial charge >= 0.3 is 0 Å². The smallest absolute Gasteiger partial charge is 0.122 e. The molecule has 0 saturated heterocycles. The lowest BCUT2D eigenvalue weighted by Gasteiger charge is -2.37. The molecule has 0 fully saturated rings. The highest BCUT2D eigenvalue weighted by atomic mass is 15.1. The fourth-order valence-electron chi connectivity index (χ4n) is 11.3. The van der Waals surface area contributed by atoms with Crippen LogP contribution in [-0.2, 0) is 11.1 Å². The van der Waals surface area contributed by atoms with Gasteiger partial charge in [-0.3, -0.25) is 0 Å². The number of hydrogen-bond acceptors (Lipinski definition) is 0. The number of benzene rings is 8. The molecule has 2 aromatic heterocycles. The molecule has 2 nitrogen and oxygen atoms in total. The number of fused-ring (bicyclic) bond motifs is 6. The van der Waals surface area contributed by atoms with Crippen molar-refractivity contribution < 1.29 is 0 Å². The van der Waals surface area contributed by atoms with Crippen LogP contribution in [0.15, 0.2) is 243 Å². The first-order valence-corrected chi connectivity index (χ1v) is 24.5. The molecule has 0 spiro atoms. The second-order valence-electron chi connectivity index (χ2n) is 18.2. The van der Waals surface area contributed by atoms with Gasteiger partial charge in [0.1, 0.15) is 11.1 Å². The van der Waals surface area contributed by atoms with Gasteiger partial charge in [0.15, 0.2) is 0 Å². The second-order valence-corrected chi connectivity index (χ2v) is 18.2. The number of hydrogen-bond donors (Lipinski definition) is 0. The average Bonchev–Trinajstić information content (AvgIpc) is 4.14. The molecule has 334 valence electrons. The van der Waals surface area contributed by atoms with E-state index in [1.165, 1.54) is 115 Å². The maximum atomic E-state index is 2.56. The zero-order valence-corrected chi connectivity index (χ0v) is 39.8. The molecule has 0 radical (unpaired) electrons. The van der Waals surface area contributed by atoms with Gasteiger partial charge in [-0.1, -0.05) is 258 Å². The largest absolute Gasteiger partial charge is 0.322 e. The fourth-order valence-corrected chi connectivity index (χ4v) is 11.3. The molecule has 0 bridgehead atoms. The SMILES string of the molecule is CC1=C(c2ccccc2)C(c2ccccc2)(c2ccccc2)n2c1cc1ccccc12.CC1=C(c2ccccc2)C(c2ccccc2)(c2ccccc2)n2c1cc1ccccc12.CCCCCC. The molecule has 0 aliphatic carbocycles. The molecule has 12 rings (SSSR count). The van der Waals surface area contributed by atoms with Gasteiger partial charge in [0, 0.05) is 33.2 Å². The predicted molar refractivity (Wildman–Crippen MR) is 290 cm³/mol. The van der Waals surface area contributed by atoms with Gasteiger partial charge in [-0.15, -0.1) is 0 Å². The van der Waals surface area contributed by atoms with Crippen LogP contribution in [0.25, 0.3) is 44.1 Å². The van der Waals surface area contributed by atoms with Crippen molar-refractivity contribution in [2.24, 2.45) is 0 Å². The third-order valence-corrected chi connectivity index (χ3v) is 14.2. The van der Waals surface area contributed by atoms with Gasteiger partial charge in [-0.2, -0.15) is 0 Å². The van der Waals surface area contributed by atoms with E-state index in [1.807, 2.05) is 0 Å². The third-order valence-electron chi connectivity index (χ3n) is 14.2. The molecule has 0 amide bonds. The summed E-state index contributed by atoms with van der Waals surface area (Å²) in [6.45, 7) is 9.02. The Bertz CT molecular complexity index is 3030. The normalized spacial score (nSPS) is 14.2. The van der Waals surface area contributed by atoms with Crippen molar-refractivity contribution in [1.82, 2.24) is 9.13 Å². The van der Waals surface area contributed by atoms with Crippen molar-refractivity contribution in [2.45, 2.75) is 64.5 Å². The minimum absolute atomic E-state index is 0.438. The molecule has 0 unspecified atom stereocenters. The zero-order valence-electron chi connectivity index (χ0n) is 39.8. The lowest BCUT2D eigenvalue weighted by molar-refractivity contribution is 0.585. The van der Waals surface area contributed by atoms with Crippen molar-refractivity contribution >= 4 is 44.1 Å². The first-order valence-electron chi connectivity index (χ1n) is 24.5. The predicted octanol–water partition coefficient (Wildman–Crippen LogP) is 17.3. The summed E-state index contributed by atoms with van der Waals surface area (Å²) in [6.07, 6.45) is 5.54. The Morgan fingerprint density at radius 1 is 0.324 bits per heavy atom. The maximum Gasteiger partial charge on any atom is 0.122 e. The maximum absolute atomic E-state index is 2.56. The minimum Gasteiger partial charge on any atom is -0.322 e. The summed E-state index contributed by atoms with van der Waals surface area (Å²) in [5.74, 6) is 0. The van der Waals surface area contributed by atoms with Gasteiger partial charge in [0.25, 0.3) is 0 Å². The van der Waals surface area contributed by atoms with E-state index < -0.39 is 11.1 Å². The number of allylic oxidation sites excluding steroid dienone is 4. The highest BCUT2D eigenvalue weighted by Crippen LogP contribution is 2.57. The van der Waals surface area contributed by atoms with Gasteiger partial charge in [-0.05, 0) is 93.8 Å². The molecule has 4 heterocycles. The van der Waals surface area contributed by atoms with Crippen LogP contribution in [0, 0.1) is 0 Å². The van der Waals surface area contributed by atoms with E-state index in [1.54, 1.807) is 0 Å². The Labute approximate surface area is 403 Å². The number of nitrogens with zero attached hydrogens (tertiary/aromatic N) is 2. The lowest BCUT2D eigenvalue weighted by Crippen LogP contribution is -2.35. The van der Waals surface area contributed by atoms with Crippen molar-refractivity contribution in [3.8, 4) is 0 Å². The van der Waals surface area contributed by atoms with E-state index in [-0.39, 0.29) is 0 Å². The molecule has 2 heteroatoms. The van der Waals surface area contributed by atoms with E-state index >= 15 is 0 Å². The molecule has 10 aromatic rings. The molecular formula is C66H60N2. The number of para-hydroxylation sites is 2. The van der Waals surface area contributed by atoms with E-state index in [9.17, 15) is 0 Å². The van der Waals surface area contributed by atoms with Crippen LogP contribution in [0.5, 0.6) is 0 Å². The monoisotopic (exact) mass is 880 g/mol. The van der Waals surface area contributed by atoms with Crippen molar-refractivity contribution in [2.75, 3.05) is 0 Å². The van der Waals surface area contributed by atoms with Crippen molar-refractivity contribution in [3.63, 3.8) is 0 Å². The summed E-state index contributed by atoms with van der Waals surface area (Å²) in [5.41, 5.74) is 17.2. The molecule has 2 aliphatic rings. The highest BCUT2D eigenvalue weighted by molar-refractivity contribution is 6.05. The van der Waals surface area contributed by atoms with Crippen LogP contribution in [-0.4, -0.2) is 9.13 Å². The van der Waals surface area contributed by atoms with Gasteiger partial charge in [0.2, 0.25) is 0 Å². The van der Waals surface area contributed by atoms with Crippen LogP contribution >= 0.6 is 0 Å². The Kier molecular flexibility index (Phi) is 12.5. The zero-order chi connectivity index (χ0) is 46.5. The molecular weight excluding hydrogens is 821 g/mol. The Hall–Kier alpha value is -7.68. The van der Waals surface area contributed by atoms with Crippen LogP contribution in [0.4, 0.5) is 0 Å². The van der Waals surface area contributed by atoms with E-state index in [0.717, 1.165) is 0 Å². The summed E-state index contributed by atoms with van der Waals surface area (Å²) < 4.78 is 5.12. The van der Waals surface area contributed by atoms with E-state index in [2.05, 4.69) is 279 Å². The van der Waals surface area contributed by atoms with E-state index in [4.69, 9.17) is 0 Å². The Morgan fingerprint density at radius 2 is 0.588 bits per heavy atom. The fraction of sp³-hybridized carbons (Fsp3) is 0.152. The lowest BCUT2D eigenvalue weighted by atomic mass is 9.74. The molecule has 2 aliphatic heterocycles. The van der Waals surface area contributed by atoms with Crippen LogP contribution in [0.3, 0.4) is 0 Å². The van der Waals surface area contributed by atoms with Crippen molar-refractivity contribution in [3.05, 3.63) is 287 Å². The topological polar surface area (TPSA) is 9.86 Å². The Balaban J connectivity index is 0.000000142. The first-order chi connectivity index (χ1) is 33.5. The van der Waals surface area contributed by atoms with Crippen LogP contribution < -0.4 is 0 Å². The summed E-state index contributed by atoms with van der Waals surface area (Å²) in [4.78, 5) is 0. The summed E-state index contributed by atoms with van der Waals surface area (Å²) >= 11 is 0. The van der Waals surface area contributed by atoms with E-state index in [0.29, 0.717) is 0 Å². The quantitative estimate of drug-likeness (QED) is 0.128. The highest BCUT2D eigenvalue weighted by Gasteiger charge is 2.49. The van der Waals surface area contributed by atoms with Gasteiger partial charge in [-0.25, -0.2) is 0 Å². The number of unbranched alkanes of at least 4 members (excludes halogenated alkanes) is 3. The average molecular weight is 881 g/mol. The third kappa shape index (κ3) is 7.36. The standard InChI is InChI=1S/2C30H23N.C6H14/c2*1-22-28-21-24-15-11-12-20-27(24)31(28)30(25-16-7-3-8-17-25,26-18-9-4-10-19-26)29(22)23-13-5-2-6-14-23;1-3-5-6-4-2/h2*2-21H,1H3;3-6H2,1-2H3. The minimum atomic E-state index is -0.438. The summed E-state index contributed by atoms with van der Waals surface area (Å²) in [5, 5.41) is 2.56. The van der Waals surface area contributed by atoms with Gasteiger partial charge in [0.05, 0.1) is 0 Å². The molecule has 0 atom stereocenters. The van der Waals surface area contributed by atoms with Crippen molar-refractivity contribution in [1.29, 1.82) is 0 Å². The summed E-state index contributed by atoms with van der Waals surface area (Å²) in [6, 6.07) is 87.7. The molecule has 8 aromatic carbocycles. The second kappa shape index (κ2) is 19.3. The van der Waals surface area contributed by atoms with Crippen LogP contribution in [0.2, 0.25) is 0 Å². The molecule has 68 heavy (non-hydrogen) atoms. The first kappa shape index (κ1) is 44.2. The molecule has 0 N–H and O–H groups in total. The van der Waals surface area contributed by atoms with Gasteiger partial charge < -0.3 is 9.13 Å². The Morgan fingerprint density at radius 3 is 0.882 bits per heavy atom. The molecule has 0 saturated carbocycles. The summed E-state index contributed by atoms with van der Waals surface area (Å²) in [7, 11) is 0. The number of aromatic nitrogens is 2.